The van der Waals surface area contributed by atoms with Gasteiger partial charge in [-0.05, 0) is 0 Å². The molecule has 0 atom stereocenters. The van der Waals surface area contributed by atoms with E-state index in [1.54, 1.807) is 0 Å². The summed E-state index contributed by atoms with van der Waals surface area (Å²) < 4.78 is 8.60. The van der Waals surface area contributed by atoms with E-state index in [1.807, 2.05) is 0 Å². The molecule has 4 heteroatoms. The van der Waals surface area contributed by atoms with E-state index in [0.29, 0.717) is 0 Å². The first-order chi connectivity index (χ1) is 2.80. The van der Waals surface area contributed by atoms with Gasteiger partial charge in [0.05, 0.1) is 0 Å². The van der Waals surface area contributed by atoms with Gasteiger partial charge in [0.1, 0.15) is 0 Å². The van der Waals surface area contributed by atoms with Crippen LogP contribution in [0.2, 0.25) is 0 Å². The monoisotopic (exact) mass is 126 g/mol. The average molecular weight is 126 g/mol. The van der Waals surface area contributed by atoms with Crippen LogP contribution in [0.15, 0.2) is 0 Å². The molecule has 6 heavy (non-hydrogen) atoms. The van der Waals surface area contributed by atoms with Gasteiger partial charge in [0.15, 0.2) is 0 Å². The van der Waals surface area contributed by atoms with Crippen molar-refractivity contribution >= 4 is 4.49 Å². The van der Waals surface area contributed by atoms with Gasteiger partial charge < -0.3 is 0 Å². The van der Waals surface area contributed by atoms with Crippen molar-refractivity contribution in [2.75, 3.05) is 0 Å². The fourth-order valence-corrected chi connectivity index (χ4v) is 0.716. The molecular formula is C2H3O3V. The molecule has 0 unspecified atom stereocenters. The molecule has 1 aliphatic rings. The summed E-state index contributed by atoms with van der Waals surface area (Å²) in [4.78, 5) is 10.0. The Hall–Kier alpha value is 0.174. The predicted molar refractivity (Wildman–Crippen MR) is 12.9 cm³/mol. The summed E-state index contributed by atoms with van der Waals surface area (Å²) in [5.41, 5.74) is 0. The number of rotatable bonds is 1. The first-order valence-corrected chi connectivity index (χ1v) is 3.30. The Morgan fingerprint density at radius 1 is 1.67 bits per heavy atom. The van der Waals surface area contributed by atoms with Crippen molar-refractivity contribution in [3.05, 3.63) is 0 Å². The Labute approximate surface area is 40.4 Å². The molecule has 0 aliphatic carbocycles. The van der Waals surface area contributed by atoms with E-state index < -0.39 is 15.9 Å². The molecule has 1 saturated heterocycles. The van der Waals surface area contributed by atoms with Crippen molar-refractivity contribution in [2.45, 2.75) is 6.92 Å². The van der Waals surface area contributed by atoms with Crippen molar-refractivity contribution in [2.24, 2.45) is 0 Å². The van der Waals surface area contributed by atoms with Crippen LogP contribution in [0, 0.1) is 0 Å². The summed E-state index contributed by atoms with van der Waals surface area (Å²) in [6, 6.07) is 0. The maximum atomic E-state index is 10.0. The molecule has 0 aromatic carbocycles. The number of carbonyl (C=O) groups excluding carboxylic acids is 1. The van der Waals surface area contributed by atoms with E-state index in [-0.39, 0.29) is 4.49 Å². The molecule has 0 aromatic heterocycles. The molecule has 0 radical (unpaired) electrons. The zero-order valence-corrected chi connectivity index (χ0v) is 4.57. The molecule has 1 heterocycles. The van der Waals surface area contributed by atoms with Crippen molar-refractivity contribution in [3.63, 3.8) is 0 Å². The van der Waals surface area contributed by atoms with Crippen LogP contribution in [0.25, 0.3) is 0 Å². The SMILES string of the molecule is C[C](=O)[V]1[O][O]1. The maximum absolute atomic E-state index is 10.0. The second-order valence-corrected chi connectivity index (χ2v) is 3.18. The van der Waals surface area contributed by atoms with E-state index in [9.17, 15) is 4.79 Å². The number of hydrogen-bond acceptors (Lipinski definition) is 3. The Morgan fingerprint density at radius 3 is 2.17 bits per heavy atom. The van der Waals surface area contributed by atoms with Crippen LogP contribution >= 0.6 is 0 Å². The summed E-state index contributed by atoms with van der Waals surface area (Å²) in [6.07, 6.45) is 0. The fourth-order valence-electron chi connectivity index (χ4n) is 0.122. The van der Waals surface area contributed by atoms with E-state index in [4.69, 9.17) is 0 Å². The Morgan fingerprint density at radius 2 is 2.17 bits per heavy atom. The zero-order valence-electron chi connectivity index (χ0n) is 3.17. The van der Waals surface area contributed by atoms with Gasteiger partial charge in [-0.15, -0.1) is 0 Å². The summed E-state index contributed by atoms with van der Waals surface area (Å²) in [5, 5.41) is 0. The Bertz CT molecular complexity index is 76.9. The molecule has 0 amide bonds. The van der Waals surface area contributed by atoms with Gasteiger partial charge in [-0.3, -0.25) is 0 Å². The third-order valence-corrected chi connectivity index (χ3v) is 1.67. The molecule has 0 N–H and O–H groups in total. The summed E-state index contributed by atoms with van der Waals surface area (Å²) >= 11 is -1.69. The van der Waals surface area contributed by atoms with Gasteiger partial charge in [-0.2, -0.15) is 0 Å². The molecule has 0 spiro atoms. The van der Waals surface area contributed by atoms with E-state index >= 15 is 0 Å². The molecule has 0 bridgehead atoms. The fraction of sp³-hybridized carbons (Fsp3) is 0.500. The van der Waals surface area contributed by atoms with E-state index in [0.717, 1.165) is 0 Å². The van der Waals surface area contributed by atoms with Crippen LogP contribution in [0.4, 0.5) is 0 Å². The van der Waals surface area contributed by atoms with Crippen LogP contribution in [0.3, 0.4) is 0 Å². The summed E-state index contributed by atoms with van der Waals surface area (Å²) in [7, 11) is 0. The summed E-state index contributed by atoms with van der Waals surface area (Å²) in [6.45, 7) is 1.48. The Balaban J connectivity index is 2.31. The number of hydrogen-bond donors (Lipinski definition) is 0. The molecule has 1 fully saturated rings. The molecule has 0 saturated carbocycles. The second-order valence-electron chi connectivity index (χ2n) is 0.925. The van der Waals surface area contributed by atoms with Gasteiger partial charge in [0.2, 0.25) is 0 Å². The normalized spacial score (nSPS) is 20.8. The summed E-state index contributed by atoms with van der Waals surface area (Å²) in [5.74, 6) is 0. The minimum atomic E-state index is -1.69. The molecular weight excluding hydrogens is 123 g/mol. The first-order valence-electron chi connectivity index (χ1n) is 1.46. The minimum absolute atomic E-state index is 0.0718. The van der Waals surface area contributed by atoms with Crippen LogP contribution in [0.5, 0.6) is 0 Å². The molecule has 3 nitrogen and oxygen atoms in total. The van der Waals surface area contributed by atoms with Crippen molar-refractivity contribution < 1.29 is 28.3 Å². The quantitative estimate of drug-likeness (QED) is 0.365. The van der Waals surface area contributed by atoms with Crippen LogP contribution in [-0.2, 0) is 28.3 Å². The van der Waals surface area contributed by atoms with E-state index in [1.165, 1.54) is 6.92 Å². The van der Waals surface area contributed by atoms with Crippen LogP contribution in [0.1, 0.15) is 6.92 Å². The second kappa shape index (κ2) is 1.35. The average Bonchev–Trinajstić information content (AvgIpc) is 2.06. The Kier molecular flexibility index (Phi) is 0.975. The first kappa shape index (κ1) is 4.34. The third-order valence-electron chi connectivity index (χ3n) is 0.406. The van der Waals surface area contributed by atoms with Gasteiger partial charge in [0, 0.05) is 0 Å². The third kappa shape index (κ3) is 0.817. The topological polar surface area (TPSA) is 42.1 Å². The van der Waals surface area contributed by atoms with Gasteiger partial charge in [-0.1, -0.05) is 0 Å². The standard InChI is InChI=1S/C2H3O.O2.V/c1-2-3;1-2;/h1H3;;/q;-2;+2. The van der Waals surface area contributed by atoms with Crippen molar-refractivity contribution in [1.29, 1.82) is 0 Å². The van der Waals surface area contributed by atoms with Crippen LogP contribution < -0.4 is 0 Å². The van der Waals surface area contributed by atoms with Gasteiger partial charge >= 0.3 is 39.7 Å². The van der Waals surface area contributed by atoms with Gasteiger partial charge in [0.25, 0.3) is 0 Å². The van der Waals surface area contributed by atoms with Crippen molar-refractivity contribution in [1.82, 2.24) is 0 Å². The van der Waals surface area contributed by atoms with Gasteiger partial charge in [-0.25, -0.2) is 0 Å². The number of carbonyl (C=O) groups is 1. The predicted octanol–water partition coefficient (Wildman–Crippen LogP) is -0.0571. The molecule has 1 rings (SSSR count). The van der Waals surface area contributed by atoms with Crippen LogP contribution in [-0.4, -0.2) is 4.49 Å². The molecule has 0 aromatic rings. The van der Waals surface area contributed by atoms with E-state index in [2.05, 4.69) is 7.63 Å². The molecule has 1 aliphatic heterocycles. The van der Waals surface area contributed by atoms with Crippen molar-refractivity contribution in [3.8, 4) is 0 Å². The molecule has 34 valence electrons. The zero-order chi connectivity index (χ0) is 4.57.